The Hall–Kier alpha value is -1.10. The second-order valence-electron chi connectivity index (χ2n) is 6.17. The number of aromatic nitrogens is 3. The first-order chi connectivity index (χ1) is 10.2. The Morgan fingerprint density at radius 1 is 0.857 bits per heavy atom. The maximum atomic E-state index is 6.14. The van der Waals surface area contributed by atoms with E-state index in [4.69, 9.17) is 11.6 Å². The van der Waals surface area contributed by atoms with Crippen molar-refractivity contribution >= 4 is 23.5 Å². The van der Waals surface area contributed by atoms with Gasteiger partial charge in [-0.1, -0.05) is 0 Å². The van der Waals surface area contributed by atoms with Crippen molar-refractivity contribution in [2.75, 3.05) is 36.0 Å². The van der Waals surface area contributed by atoms with Crippen LogP contribution in [0.4, 0.5) is 11.9 Å². The van der Waals surface area contributed by atoms with Gasteiger partial charge in [-0.2, -0.15) is 15.0 Å². The standard InChI is InChI=1S/C15H24ClN5/c1-3-20(4-2)14-17-13(16)18-15(19-14)21(9-11-5-6-11)10-12-7-8-12/h11-12H,3-10H2,1-2H3. The zero-order valence-corrected chi connectivity index (χ0v) is 13.7. The molecule has 0 saturated heterocycles. The molecule has 2 saturated carbocycles. The van der Waals surface area contributed by atoms with Crippen molar-refractivity contribution in [3.05, 3.63) is 5.28 Å². The van der Waals surface area contributed by atoms with Gasteiger partial charge in [-0.3, -0.25) is 0 Å². The second-order valence-corrected chi connectivity index (χ2v) is 6.51. The molecule has 0 unspecified atom stereocenters. The van der Waals surface area contributed by atoms with E-state index in [1.54, 1.807) is 0 Å². The minimum Gasteiger partial charge on any atom is -0.341 e. The number of nitrogens with zero attached hydrogens (tertiary/aromatic N) is 5. The van der Waals surface area contributed by atoms with Gasteiger partial charge < -0.3 is 9.80 Å². The highest BCUT2D eigenvalue weighted by atomic mass is 35.5. The summed E-state index contributed by atoms with van der Waals surface area (Å²) in [7, 11) is 0. The van der Waals surface area contributed by atoms with Gasteiger partial charge in [0.15, 0.2) is 0 Å². The fraction of sp³-hybridized carbons (Fsp3) is 0.800. The monoisotopic (exact) mass is 309 g/mol. The molecule has 1 aromatic heterocycles. The Morgan fingerprint density at radius 2 is 1.33 bits per heavy atom. The Balaban J connectivity index is 1.82. The highest BCUT2D eigenvalue weighted by molar-refractivity contribution is 6.28. The minimum atomic E-state index is 0.304. The summed E-state index contributed by atoms with van der Waals surface area (Å²) < 4.78 is 0. The molecular weight excluding hydrogens is 286 g/mol. The maximum Gasteiger partial charge on any atom is 0.231 e. The average Bonchev–Trinajstić information content (AvgIpc) is 3.34. The largest absolute Gasteiger partial charge is 0.341 e. The van der Waals surface area contributed by atoms with E-state index < -0.39 is 0 Å². The lowest BCUT2D eigenvalue weighted by atomic mass is 10.3. The quantitative estimate of drug-likeness (QED) is 0.738. The second kappa shape index (κ2) is 6.34. The van der Waals surface area contributed by atoms with Gasteiger partial charge in [0.05, 0.1) is 0 Å². The molecule has 0 atom stereocenters. The van der Waals surface area contributed by atoms with E-state index in [1.807, 2.05) is 0 Å². The molecule has 6 heteroatoms. The molecule has 2 aliphatic rings. The summed E-state index contributed by atoms with van der Waals surface area (Å²) in [4.78, 5) is 17.8. The predicted molar refractivity (Wildman–Crippen MR) is 86.1 cm³/mol. The highest BCUT2D eigenvalue weighted by Crippen LogP contribution is 2.35. The Morgan fingerprint density at radius 3 is 1.76 bits per heavy atom. The molecule has 0 radical (unpaired) electrons. The van der Waals surface area contributed by atoms with Crippen LogP contribution in [-0.2, 0) is 0 Å². The van der Waals surface area contributed by atoms with Gasteiger partial charge in [-0.15, -0.1) is 0 Å². The average molecular weight is 310 g/mol. The molecule has 5 nitrogen and oxygen atoms in total. The summed E-state index contributed by atoms with van der Waals surface area (Å²) in [5.74, 6) is 3.09. The van der Waals surface area contributed by atoms with Crippen LogP contribution in [0.15, 0.2) is 0 Å². The van der Waals surface area contributed by atoms with Crippen molar-refractivity contribution in [3.8, 4) is 0 Å². The van der Waals surface area contributed by atoms with Gasteiger partial charge in [-0.25, -0.2) is 0 Å². The summed E-state index contributed by atoms with van der Waals surface area (Å²) in [6.07, 6.45) is 5.34. The van der Waals surface area contributed by atoms with Crippen LogP contribution in [0.2, 0.25) is 5.28 Å². The number of rotatable bonds is 8. The van der Waals surface area contributed by atoms with Gasteiger partial charge in [-0.05, 0) is 63.0 Å². The van der Waals surface area contributed by atoms with E-state index in [2.05, 4.69) is 38.6 Å². The van der Waals surface area contributed by atoms with Crippen LogP contribution < -0.4 is 9.80 Å². The van der Waals surface area contributed by atoms with E-state index in [0.717, 1.165) is 44.0 Å². The lowest BCUT2D eigenvalue weighted by Crippen LogP contribution is -2.31. The molecular formula is C15H24ClN5. The van der Waals surface area contributed by atoms with Crippen molar-refractivity contribution in [2.45, 2.75) is 39.5 Å². The van der Waals surface area contributed by atoms with E-state index in [1.165, 1.54) is 25.7 Å². The third-order valence-corrected chi connectivity index (χ3v) is 4.43. The van der Waals surface area contributed by atoms with Crippen molar-refractivity contribution in [1.29, 1.82) is 0 Å². The molecule has 0 spiro atoms. The fourth-order valence-electron chi connectivity index (χ4n) is 2.58. The SMILES string of the molecule is CCN(CC)c1nc(Cl)nc(N(CC2CC2)CC2CC2)n1. The summed E-state index contributed by atoms with van der Waals surface area (Å²) in [5.41, 5.74) is 0. The molecule has 0 amide bonds. The topological polar surface area (TPSA) is 45.2 Å². The summed E-state index contributed by atoms with van der Waals surface area (Å²) >= 11 is 6.14. The third kappa shape index (κ3) is 3.96. The number of halogens is 1. The summed E-state index contributed by atoms with van der Waals surface area (Å²) in [6, 6.07) is 0. The zero-order chi connectivity index (χ0) is 14.8. The molecule has 0 N–H and O–H groups in total. The van der Waals surface area contributed by atoms with Gasteiger partial charge >= 0.3 is 0 Å². The zero-order valence-electron chi connectivity index (χ0n) is 12.9. The van der Waals surface area contributed by atoms with E-state index in [9.17, 15) is 0 Å². The van der Waals surface area contributed by atoms with E-state index in [-0.39, 0.29) is 0 Å². The summed E-state index contributed by atoms with van der Waals surface area (Å²) in [6.45, 7) is 8.09. The lowest BCUT2D eigenvalue weighted by molar-refractivity contribution is 0.657. The van der Waals surface area contributed by atoms with Crippen molar-refractivity contribution in [3.63, 3.8) is 0 Å². The molecule has 0 aliphatic heterocycles. The first-order valence-corrected chi connectivity index (χ1v) is 8.48. The molecule has 1 aromatic rings. The predicted octanol–water partition coefficient (Wildman–Crippen LogP) is 3.00. The molecule has 0 aromatic carbocycles. The van der Waals surface area contributed by atoms with E-state index in [0.29, 0.717) is 11.2 Å². The highest BCUT2D eigenvalue weighted by Gasteiger charge is 2.31. The minimum absolute atomic E-state index is 0.304. The smallest absolute Gasteiger partial charge is 0.231 e. The number of hydrogen-bond acceptors (Lipinski definition) is 5. The normalized spacial score (nSPS) is 17.9. The van der Waals surface area contributed by atoms with Crippen molar-refractivity contribution in [1.82, 2.24) is 15.0 Å². The Kier molecular flexibility index (Phi) is 4.48. The van der Waals surface area contributed by atoms with Gasteiger partial charge in [0.25, 0.3) is 0 Å². The maximum absolute atomic E-state index is 6.14. The van der Waals surface area contributed by atoms with Gasteiger partial charge in [0.1, 0.15) is 0 Å². The van der Waals surface area contributed by atoms with Crippen LogP contribution >= 0.6 is 11.6 Å². The van der Waals surface area contributed by atoms with Crippen molar-refractivity contribution < 1.29 is 0 Å². The van der Waals surface area contributed by atoms with Gasteiger partial charge in [0, 0.05) is 26.2 Å². The van der Waals surface area contributed by atoms with E-state index >= 15 is 0 Å². The van der Waals surface area contributed by atoms with Crippen molar-refractivity contribution in [2.24, 2.45) is 11.8 Å². The molecule has 21 heavy (non-hydrogen) atoms. The molecule has 2 aliphatic carbocycles. The first-order valence-electron chi connectivity index (χ1n) is 8.11. The number of hydrogen-bond donors (Lipinski definition) is 0. The van der Waals surface area contributed by atoms with Crippen LogP contribution in [0.25, 0.3) is 0 Å². The third-order valence-electron chi connectivity index (χ3n) is 4.26. The molecule has 116 valence electrons. The molecule has 3 rings (SSSR count). The molecule has 1 heterocycles. The lowest BCUT2D eigenvalue weighted by Gasteiger charge is -2.25. The Labute approximate surface area is 131 Å². The van der Waals surface area contributed by atoms with Crippen LogP contribution in [0, 0.1) is 11.8 Å². The van der Waals surface area contributed by atoms with Gasteiger partial charge in [0.2, 0.25) is 17.2 Å². The summed E-state index contributed by atoms with van der Waals surface area (Å²) in [5, 5.41) is 0.304. The molecule has 2 fully saturated rings. The molecule has 0 bridgehead atoms. The van der Waals surface area contributed by atoms with Crippen LogP contribution in [0.5, 0.6) is 0 Å². The Bertz CT molecular complexity index is 469. The number of anilines is 2. The fourth-order valence-corrected chi connectivity index (χ4v) is 2.73. The van der Waals surface area contributed by atoms with Crippen LogP contribution in [-0.4, -0.2) is 41.1 Å². The first kappa shape index (κ1) is 14.8. The van der Waals surface area contributed by atoms with Crippen LogP contribution in [0.3, 0.4) is 0 Å². The van der Waals surface area contributed by atoms with Crippen LogP contribution in [0.1, 0.15) is 39.5 Å².